The van der Waals surface area contributed by atoms with Crippen molar-refractivity contribution in [3.8, 4) is 5.75 Å². The van der Waals surface area contributed by atoms with Crippen molar-refractivity contribution in [2.45, 2.75) is 19.4 Å². The second-order valence-electron chi connectivity index (χ2n) is 6.86. The number of methoxy groups -OCH3 is 2. The summed E-state index contributed by atoms with van der Waals surface area (Å²) in [7, 11) is 2.99. The smallest absolute Gasteiger partial charge is 0.337 e. The van der Waals surface area contributed by atoms with Crippen LogP contribution in [0.3, 0.4) is 0 Å². The quantitative estimate of drug-likeness (QED) is 0.577. The molecule has 1 fully saturated rings. The molecule has 1 unspecified atom stereocenters. The van der Waals surface area contributed by atoms with Gasteiger partial charge in [-0.25, -0.2) is 4.79 Å². The number of benzene rings is 2. The van der Waals surface area contributed by atoms with Crippen LogP contribution in [0.2, 0.25) is 0 Å². The summed E-state index contributed by atoms with van der Waals surface area (Å²) >= 11 is 0. The van der Waals surface area contributed by atoms with Crippen molar-refractivity contribution in [2.75, 3.05) is 27.3 Å². The van der Waals surface area contributed by atoms with E-state index in [9.17, 15) is 9.59 Å². The molecule has 0 amide bonds. The van der Waals surface area contributed by atoms with E-state index in [-0.39, 0.29) is 17.7 Å². The molecule has 27 heavy (non-hydrogen) atoms. The molecule has 2 aromatic carbocycles. The van der Waals surface area contributed by atoms with Crippen LogP contribution in [0.4, 0.5) is 0 Å². The number of hydrogen-bond donors (Lipinski definition) is 0. The Morgan fingerprint density at radius 3 is 2.56 bits per heavy atom. The van der Waals surface area contributed by atoms with Gasteiger partial charge in [-0.15, -0.1) is 0 Å². The molecule has 142 valence electrons. The van der Waals surface area contributed by atoms with Crippen molar-refractivity contribution >= 4 is 11.8 Å². The van der Waals surface area contributed by atoms with E-state index in [1.54, 1.807) is 19.2 Å². The average Bonchev–Trinajstić information content (AvgIpc) is 2.73. The van der Waals surface area contributed by atoms with E-state index in [0.717, 1.165) is 38.0 Å². The first kappa shape index (κ1) is 19.1. The Hall–Kier alpha value is -2.66. The van der Waals surface area contributed by atoms with Crippen LogP contribution in [0.1, 0.15) is 39.1 Å². The Morgan fingerprint density at radius 1 is 1.07 bits per heavy atom. The number of carbonyl (C=O) groups is 2. The largest absolute Gasteiger partial charge is 0.497 e. The summed E-state index contributed by atoms with van der Waals surface area (Å²) in [6.45, 7) is 2.48. The van der Waals surface area contributed by atoms with Gasteiger partial charge in [-0.1, -0.05) is 24.3 Å². The second kappa shape index (κ2) is 8.82. The third kappa shape index (κ3) is 4.74. The highest BCUT2D eigenvalue weighted by atomic mass is 16.5. The third-order valence-electron chi connectivity index (χ3n) is 5.01. The lowest BCUT2D eigenvalue weighted by molar-refractivity contribution is 0.0600. The Bertz CT molecular complexity index is 800. The molecular formula is C22H25NO4. The van der Waals surface area contributed by atoms with E-state index in [2.05, 4.69) is 4.90 Å². The van der Waals surface area contributed by atoms with E-state index in [1.807, 2.05) is 36.4 Å². The lowest BCUT2D eigenvalue weighted by Gasteiger charge is -2.32. The number of ketones is 1. The fraction of sp³-hybridized carbons (Fsp3) is 0.364. The number of hydrogen-bond acceptors (Lipinski definition) is 5. The van der Waals surface area contributed by atoms with E-state index in [0.29, 0.717) is 16.9 Å². The minimum absolute atomic E-state index is 0.000184. The van der Waals surface area contributed by atoms with E-state index >= 15 is 0 Å². The first-order valence-electron chi connectivity index (χ1n) is 9.18. The molecule has 2 aromatic rings. The van der Waals surface area contributed by atoms with Gasteiger partial charge in [0.05, 0.1) is 19.8 Å². The molecule has 1 saturated heterocycles. The molecule has 1 aliphatic rings. The molecule has 3 rings (SSSR count). The van der Waals surface area contributed by atoms with Gasteiger partial charge in [0.2, 0.25) is 0 Å². The highest BCUT2D eigenvalue weighted by molar-refractivity contribution is 5.98. The maximum Gasteiger partial charge on any atom is 0.337 e. The van der Waals surface area contributed by atoms with E-state index in [4.69, 9.17) is 9.47 Å². The maximum atomic E-state index is 12.9. The normalized spacial score (nSPS) is 17.3. The first-order chi connectivity index (χ1) is 13.1. The Kier molecular flexibility index (Phi) is 6.24. The highest BCUT2D eigenvalue weighted by Crippen LogP contribution is 2.24. The summed E-state index contributed by atoms with van der Waals surface area (Å²) in [5.41, 5.74) is 2.38. The number of esters is 1. The summed E-state index contributed by atoms with van der Waals surface area (Å²) in [6, 6.07) is 14.8. The third-order valence-corrected chi connectivity index (χ3v) is 5.01. The zero-order chi connectivity index (χ0) is 19.2. The number of likely N-dealkylation sites (tertiary alicyclic amines) is 1. The fourth-order valence-corrected chi connectivity index (χ4v) is 3.55. The Morgan fingerprint density at radius 2 is 1.85 bits per heavy atom. The maximum absolute atomic E-state index is 12.9. The topological polar surface area (TPSA) is 55.8 Å². The molecule has 0 spiro atoms. The van der Waals surface area contributed by atoms with Crippen molar-refractivity contribution in [3.05, 3.63) is 65.2 Å². The minimum atomic E-state index is -0.330. The number of ether oxygens (including phenoxy) is 2. The van der Waals surface area contributed by atoms with Crippen molar-refractivity contribution in [1.82, 2.24) is 4.90 Å². The van der Waals surface area contributed by atoms with Crippen LogP contribution in [-0.4, -0.2) is 44.0 Å². The molecule has 0 aliphatic carbocycles. The van der Waals surface area contributed by atoms with Gasteiger partial charge in [0.25, 0.3) is 0 Å². The predicted octanol–water partition coefficient (Wildman–Crippen LogP) is 3.58. The van der Waals surface area contributed by atoms with Crippen molar-refractivity contribution < 1.29 is 19.1 Å². The van der Waals surface area contributed by atoms with E-state index in [1.165, 1.54) is 7.11 Å². The molecular weight excluding hydrogens is 342 g/mol. The zero-order valence-electron chi connectivity index (χ0n) is 15.8. The van der Waals surface area contributed by atoms with Gasteiger partial charge < -0.3 is 9.47 Å². The van der Waals surface area contributed by atoms with Crippen LogP contribution in [0, 0.1) is 5.92 Å². The summed E-state index contributed by atoms with van der Waals surface area (Å²) in [5, 5.41) is 0. The van der Waals surface area contributed by atoms with Crippen molar-refractivity contribution in [3.63, 3.8) is 0 Å². The van der Waals surface area contributed by atoms with Gasteiger partial charge in [0, 0.05) is 24.6 Å². The van der Waals surface area contributed by atoms with Crippen LogP contribution in [0.5, 0.6) is 5.75 Å². The molecule has 0 N–H and O–H groups in total. The van der Waals surface area contributed by atoms with Gasteiger partial charge in [-0.05, 0) is 49.2 Å². The molecule has 1 heterocycles. The highest BCUT2D eigenvalue weighted by Gasteiger charge is 2.26. The molecule has 5 heteroatoms. The van der Waals surface area contributed by atoms with Crippen LogP contribution in [0.25, 0.3) is 0 Å². The van der Waals surface area contributed by atoms with Crippen LogP contribution < -0.4 is 4.74 Å². The van der Waals surface area contributed by atoms with Gasteiger partial charge in [0.1, 0.15) is 5.75 Å². The molecule has 0 radical (unpaired) electrons. The van der Waals surface area contributed by atoms with E-state index < -0.39 is 0 Å². The molecule has 5 nitrogen and oxygen atoms in total. The number of Topliss-reactive ketones (excluding diaryl/α,β-unsaturated/α-hetero) is 1. The summed E-state index contributed by atoms with van der Waals surface area (Å²) in [6.07, 6.45) is 1.91. The SMILES string of the molecule is COC(=O)c1ccc(CN2CCCC(C(=O)c3cccc(OC)c3)C2)cc1. The number of piperidine rings is 1. The molecule has 1 atom stereocenters. The van der Waals surface area contributed by atoms with Gasteiger partial charge in [-0.3, -0.25) is 9.69 Å². The Balaban J connectivity index is 1.63. The molecule has 1 aliphatic heterocycles. The van der Waals surface area contributed by atoms with Crippen LogP contribution in [-0.2, 0) is 11.3 Å². The van der Waals surface area contributed by atoms with Crippen LogP contribution >= 0.6 is 0 Å². The van der Waals surface area contributed by atoms with Gasteiger partial charge in [0.15, 0.2) is 5.78 Å². The lowest BCUT2D eigenvalue weighted by atomic mass is 9.89. The average molecular weight is 367 g/mol. The number of rotatable bonds is 6. The summed E-state index contributed by atoms with van der Waals surface area (Å²) in [5.74, 6) is 0.558. The Labute approximate surface area is 159 Å². The molecule has 0 aromatic heterocycles. The second-order valence-corrected chi connectivity index (χ2v) is 6.86. The fourth-order valence-electron chi connectivity index (χ4n) is 3.55. The lowest BCUT2D eigenvalue weighted by Crippen LogP contribution is -2.38. The predicted molar refractivity (Wildman–Crippen MR) is 103 cm³/mol. The van der Waals surface area contributed by atoms with Gasteiger partial charge >= 0.3 is 5.97 Å². The standard InChI is InChI=1S/C22H25NO4/c1-26-20-7-3-5-18(13-20)21(24)19-6-4-12-23(15-19)14-16-8-10-17(11-9-16)22(25)27-2/h3,5,7-11,13,19H,4,6,12,14-15H2,1-2H3. The monoisotopic (exact) mass is 367 g/mol. The number of nitrogens with zero attached hydrogens (tertiary/aromatic N) is 1. The summed E-state index contributed by atoms with van der Waals surface area (Å²) in [4.78, 5) is 26.7. The zero-order valence-corrected chi connectivity index (χ0v) is 15.8. The van der Waals surface area contributed by atoms with Crippen molar-refractivity contribution in [2.24, 2.45) is 5.92 Å². The molecule has 0 bridgehead atoms. The van der Waals surface area contributed by atoms with Crippen molar-refractivity contribution in [1.29, 1.82) is 0 Å². The minimum Gasteiger partial charge on any atom is -0.497 e. The van der Waals surface area contributed by atoms with Crippen LogP contribution in [0.15, 0.2) is 48.5 Å². The first-order valence-corrected chi connectivity index (χ1v) is 9.18. The summed E-state index contributed by atoms with van der Waals surface area (Å²) < 4.78 is 9.96. The molecule has 0 saturated carbocycles. The van der Waals surface area contributed by atoms with Gasteiger partial charge in [-0.2, -0.15) is 0 Å². The number of carbonyl (C=O) groups excluding carboxylic acids is 2.